The minimum absolute atomic E-state index is 0.0438. The second-order valence-electron chi connectivity index (χ2n) is 3.43. The maximum absolute atomic E-state index is 10.9. The van der Waals surface area contributed by atoms with Crippen LogP contribution in [0.15, 0.2) is 24.8 Å². The minimum atomic E-state index is -1.22. The molecule has 0 fully saturated rings. The van der Waals surface area contributed by atoms with Crippen molar-refractivity contribution >= 4 is 17.5 Å². The number of carboxylic acids is 1. The van der Waals surface area contributed by atoms with Crippen molar-refractivity contribution < 1.29 is 14.8 Å². The number of aromatic carboxylic acids is 1. The number of rotatable bonds is 6. The number of anilines is 1. The Morgan fingerprint density at radius 2 is 2.33 bits per heavy atom. The van der Waals surface area contributed by atoms with E-state index in [1.807, 2.05) is 0 Å². The van der Waals surface area contributed by atoms with Crippen LogP contribution in [0.5, 0.6) is 0 Å². The van der Waals surface area contributed by atoms with Gasteiger partial charge in [-0.15, -0.1) is 6.58 Å². The first-order chi connectivity index (χ1) is 8.51. The zero-order valence-electron chi connectivity index (χ0n) is 9.87. The summed E-state index contributed by atoms with van der Waals surface area (Å²) in [6, 6.07) is 2.27. The molecule has 0 aliphatic rings. The highest BCUT2D eigenvalue weighted by molar-refractivity contribution is 5.86. The van der Waals surface area contributed by atoms with Crippen LogP contribution in [0.4, 0.5) is 11.5 Å². The SMILES string of the molecule is C=CCN(CC)c1nc(C(=O)O)ccc1[N+](=O)[O-]. The van der Waals surface area contributed by atoms with Crippen LogP contribution in [0.25, 0.3) is 0 Å². The summed E-state index contributed by atoms with van der Waals surface area (Å²) in [5.74, 6) is -1.18. The van der Waals surface area contributed by atoms with Crippen molar-refractivity contribution in [2.24, 2.45) is 0 Å². The smallest absolute Gasteiger partial charge is 0.354 e. The Hall–Kier alpha value is -2.44. The molecule has 0 aliphatic heterocycles. The number of carboxylic acid groups (broad SMARTS) is 1. The molecule has 0 spiro atoms. The molecule has 18 heavy (non-hydrogen) atoms. The maximum atomic E-state index is 10.9. The molecule has 7 heteroatoms. The van der Waals surface area contributed by atoms with Gasteiger partial charge in [0.25, 0.3) is 0 Å². The highest BCUT2D eigenvalue weighted by Crippen LogP contribution is 2.25. The summed E-state index contributed by atoms with van der Waals surface area (Å²) in [5, 5.41) is 19.7. The van der Waals surface area contributed by atoms with Gasteiger partial charge in [0.05, 0.1) is 4.92 Å². The van der Waals surface area contributed by atoms with E-state index >= 15 is 0 Å². The number of aromatic nitrogens is 1. The summed E-state index contributed by atoms with van der Waals surface area (Å²) in [5.41, 5.74) is -0.443. The van der Waals surface area contributed by atoms with Gasteiger partial charge in [-0.3, -0.25) is 10.1 Å². The van der Waals surface area contributed by atoms with E-state index in [9.17, 15) is 14.9 Å². The molecule has 96 valence electrons. The van der Waals surface area contributed by atoms with Gasteiger partial charge in [-0.25, -0.2) is 9.78 Å². The van der Waals surface area contributed by atoms with E-state index < -0.39 is 10.9 Å². The highest BCUT2D eigenvalue weighted by atomic mass is 16.6. The van der Waals surface area contributed by atoms with Crippen LogP contribution in [0.1, 0.15) is 17.4 Å². The molecule has 0 unspecified atom stereocenters. The lowest BCUT2D eigenvalue weighted by molar-refractivity contribution is -0.384. The number of carbonyl (C=O) groups is 1. The van der Waals surface area contributed by atoms with E-state index in [4.69, 9.17) is 5.11 Å². The predicted molar refractivity (Wildman–Crippen MR) is 65.9 cm³/mol. The lowest BCUT2D eigenvalue weighted by Gasteiger charge is -2.19. The molecule has 0 bridgehead atoms. The highest BCUT2D eigenvalue weighted by Gasteiger charge is 2.22. The van der Waals surface area contributed by atoms with E-state index in [0.29, 0.717) is 13.1 Å². The molecule has 7 nitrogen and oxygen atoms in total. The van der Waals surface area contributed by atoms with Gasteiger partial charge < -0.3 is 10.0 Å². The standard InChI is InChI=1S/C11H13N3O4/c1-3-7-13(4-2)10-9(14(17)18)6-5-8(12-10)11(15)16/h3,5-6H,1,4,7H2,2H3,(H,15,16). The molecule has 0 amide bonds. The van der Waals surface area contributed by atoms with Gasteiger partial charge in [0, 0.05) is 19.2 Å². The summed E-state index contributed by atoms with van der Waals surface area (Å²) in [6.45, 7) is 6.16. The Morgan fingerprint density at radius 1 is 1.67 bits per heavy atom. The normalized spacial score (nSPS) is 9.83. The number of hydrogen-bond acceptors (Lipinski definition) is 5. The van der Waals surface area contributed by atoms with Crippen LogP contribution >= 0.6 is 0 Å². The molecule has 0 saturated carbocycles. The van der Waals surface area contributed by atoms with E-state index in [0.717, 1.165) is 12.1 Å². The van der Waals surface area contributed by atoms with Crippen LogP contribution in [0, 0.1) is 10.1 Å². The quantitative estimate of drug-likeness (QED) is 0.469. The molecule has 0 radical (unpaired) electrons. The van der Waals surface area contributed by atoms with Crippen molar-refractivity contribution in [2.75, 3.05) is 18.0 Å². The van der Waals surface area contributed by atoms with Crippen molar-refractivity contribution in [1.29, 1.82) is 0 Å². The largest absolute Gasteiger partial charge is 0.477 e. The number of pyridine rings is 1. The fourth-order valence-electron chi connectivity index (χ4n) is 1.46. The third kappa shape index (κ3) is 2.82. The first-order valence-electron chi connectivity index (χ1n) is 5.25. The topological polar surface area (TPSA) is 96.6 Å². The first kappa shape index (κ1) is 13.6. The maximum Gasteiger partial charge on any atom is 0.354 e. The van der Waals surface area contributed by atoms with E-state index in [-0.39, 0.29) is 17.2 Å². The van der Waals surface area contributed by atoms with Crippen molar-refractivity contribution in [3.8, 4) is 0 Å². The lowest BCUT2D eigenvalue weighted by Crippen LogP contribution is -2.25. The number of nitro groups is 1. The minimum Gasteiger partial charge on any atom is -0.477 e. The predicted octanol–water partition coefficient (Wildman–Crippen LogP) is 1.70. The van der Waals surface area contributed by atoms with Crippen molar-refractivity contribution in [3.05, 3.63) is 40.6 Å². The molecular formula is C11H13N3O4. The molecule has 1 rings (SSSR count). The Kier molecular flexibility index (Phi) is 4.36. The monoisotopic (exact) mass is 251 g/mol. The fraction of sp³-hybridized carbons (Fsp3) is 0.273. The summed E-state index contributed by atoms with van der Waals surface area (Å²) < 4.78 is 0. The zero-order valence-corrected chi connectivity index (χ0v) is 9.87. The van der Waals surface area contributed by atoms with E-state index in [1.165, 1.54) is 0 Å². The molecule has 0 aromatic carbocycles. The Labute approximate surface area is 104 Å². The van der Waals surface area contributed by atoms with Gasteiger partial charge in [-0.2, -0.15) is 0 Å². The summed E-state index contributed by atoms with van der Waals surface area (Å²) in [6.07, 6.45) is 1.57. The first-order valence-corrected chi connectivity index (χ1v) is 5.25. The average molecular weight is 251 g/mol. The Balaban J connectivity index is 3.34. The number of hydrogen-bond donors (Lipinski definition) is 1. The van der Waals surface area contributed by atoms with Gasteiger partial charge in [0.2, 0.25) is 5.82 Å². The molecule has 1 heterocycles. The fourth-order valence-corrected chi connectivity index (χ4v) is 1.46. The number of nitrogens with zero attached hydrogens (tertiary/aromatic N) is 3. The molecule has 1 aromatic rings. The average Bonchev–Trinajstić information content (AvgIpc) is 2.35. The second-order valence-corrected chi connectivity index (χ2v) is 3.43. The van der Waals surface area contributed by atoms with Gasteiger partial charge >= 0.3 is 11.7 Å². The summed E-state index contributed by atoms with van der Waals surface area (Å²) in [4.78, 5) is 26.5. The zero-order chi connectivity index (χ0) is 13.7. The third-order valence-electron chi connectivity index (χ3n) is 2.30. The van der Waals surface area contributed by atoms with Crippen molar-refractivity contribution in [1.82, 2.24) is 4.98 Å². The molecule has 1 aromatic heterocycles. The molecule has 0 aliphatic carbocycles. The number of likely N-dealkylation sites (N-methyl/N-ethyl adjacent to an activating group) is 1. The summed E-state index contributed by atoms with van der Waals surface area (Å²) >= 11 is 0. The van der Waals surface area contributed by atoms with E-state index in [2.05, 4.69) is 11.6 Å². The van der Waals surface area contributed by atoms with Crippen LogP contribution in [-0.4, -0.2) is 34.1 Å². The van der Waals surface area contributed by atoms with E-state index in [1.54, 1.807) is 17.9 Å². The van der Waals surface area contributed by atoms with Crippen molar-refractivity contribution in [3.63, 3.8) is 0 Å². The van der Waals surface area contributed by atoms with Gasteiger partial charge in [-0.1, -0.05) is 6.08 Å². The molecule has 0 saturated heterocycles. The van der Waals surface area contributed by atoms with Gasteiger partial charge in [-0.05, 0) is 13.0 Å². The second kappa shape index (κ2) is 5.76. The Morgan fingerprint density at radius 3 is 2.78 bits per heavy atom. The van der Waals surface area contributed by atoms with Crippen LogP contribution < -0.4 is 4.90 Å². The Bertz CT molecular complexity index is 487. The third-order valence-corrected chi connectivity index (χ3v) is 2.30. The molecule has 0 atom stereocenters. The molecular weight excluding hydrogens is 238 g/mol. The van der Waals surface area contributed by atoms with Crippen LogP contribution in [-0.2, 0) is 0 Å². The van der Waals surface area contributed by atoms with Gasteiger partial charge in [0.1, 0.15) is 0 Å². The van der Waals surface area contributed by atoms with Gasteiger partial charge in [0.15, 0.2) is 5.69 Å². The molecule has 1 N–H and O–H groups in total. The van der Waals surface area contributed by atoms with Crippen LogP contribution in [0.3, 0.4) is 0 Å². The van der Waals surface area contributed by atoms with Crippen molar-refractivity contribution in [2.45, 2.75) is 6.92 Å². The summed E-state index contributed by atoms with van der Waals surface area (Å²) in [7, 11) is 0. The lowest BCUT2D eigenvalue weighted by atomic mass is 10.3. The van der Waals surface area contributed by atoms with Crippen LogP contribution in [0.2, 0.25) is 0 Å².